The number of hydrogen-bond acceptors (Lipinski definition) is 2. The van der Waals surface area contributed by atoms with Crippen molar-refractivity contribution in [2.45, 2.75) is 13.3 Å². The van der Waals surface area contributed by atoms with Crippen molar-refractivity contribution in [1.82, 2.24) is 0 Å². The summed E-state index contributed by atoms with van der Waals surface area (Å²) in [5, 5.41) is 0.647. The van der Waals surface area contributed by atoms with Crippen molar-refractivity contribution in [3.63, 3.8) is 0 Å². The Bertz CT molecular complexity index is 697. The van der Waals surface area contributed by atoms with Gasteiger partial charge in [0.15, 0.2) is 0 Å². The number of nitrogen functional groups attached to an aromatic ring is 1. The number of benzene rings is 2. The molecule has 0 radical (unpaired) electrons. The van der Waals surface area contributed by atoms with Gasteiger partial charge in [-0.3, -0.25) is 4.79 Å². The number of amides is 1. The molecule has 0 aromatic heterocycles. The van der Waals surface area contributed by atoms with Crippen molar-refractivity contribution in [2.24, 2.45) is 0 Å². The molecule has 20 heavy (non-hydrogen) atoms. The van der Waals surface area contributed by atoms with Crippen LogP contribution in [0.4, 0.5) is 11.4 Å². The van der Waals surface area contributed by atoms with Gasteiger partial charge in [0.1, 0.15) is 0 Å². The number of aryl methyl sites for hydroxylation is 1. The topological polar surface area (TPSA) is 46.3 Å². The molecule has 2 N–H and O–H groups in total. The Kier molecular flexibility index (Phi) is 3.14. The van der Waals surface area contributed by atoms with Crippen molar-refractivity contribution in [3.8, 4) is 0 Å². The van der Waals surface area contributed by atoms with Crippen molar-refractivity contribution >= 4 is 28.9 Å². The van der Waals surface area contributed by atoms with Crippen LogP contribution in [-0.4, -0.2) is 12.5 Å². The summed E-state index contributed by atoms with van der Waals surface area (Å²) in [7, 11) is 0. The summed E-state index contributed by atoms with van der Waals surface area (Å²) < 4.78 is 0. The van der Waals surface area contributed by atoms with Gasteiger partial charge in [-0.05, 0) is 60.9 Å². The fourth-order valence-corrected chi connectivity index (χ4v) is 2.87. The average Bonchev–Trinajstić information content (AvgIpc) is 2.80. The van der Waals surface area contributed by atoms with Crippen molar-refractivity contribution in [2.75, 3.05) is 17.2 Å². The molecule has 1 aliphatic rings. The zero-order chi connectivity index (χ0) is 14.3. The Morgan fingerprint density at radius 2 is 2.05 bits per heavy atom. The van der Waals surface area contributed by atoms with Crippen LogP contribution in [-0.2, 0) is 6.42 Å². The molecule has 1 heterocycles. The zero-order valence-electron chi connectivity index (χ0n) is 11.2. The van der Waals surface area contributed by atoms with Crippen molar-refractivity contribution in [3.05, 3.63) is 58.1 Å². The van der Waals surface area contributed by atoms with E-state index < -0.39 is 0 Å². The normalized spacial score (nSPS) is 13.4. The minimum atomic E-state index is 0.0164. The Hall–Kier alpha value is -2.00. The molecule has 0 spiro atoms. The number of hydrogen-bond donors (Lipinski definition) is 1. The zero-order valence-corrected chi connectivity index (χ0v) is 11.9. The molecule has 0 bridgehead atoms. The molecular formula is C16H15ClN2O. The first kappa shape index (κ1) is 13.0. The van der Waals surface area contributed by atoms with Gasteiger partial charge in [0.2, 0.25) is 0 Å². The molecule has 3 rings (SSSR count). The lowest BCUT2D eigenvalue weighted by Crippen LogP contribution is -2.29. The van der Waals surface area contributed by atoms with Crippen LogP contribution in [0.1, 0.15) is 21.5 Å². The van der Waals surface area contributed by atoms with Crippen LogP contribution in [0.25, 0.3) is 0 Å². The molecule has 1 aliphatic heterocycles. The third kappa shape index (κ3) is 2.14. The Balaban J connectivity index is 1.97. The molecule has 0 saturated carbocycles. The second-order valence-electron chi connectivity index (χ2n) is 5.05. The van der Waals surface area contributed by atoms with Gasteiger partial charge >= 0.3 is 0 Å². The van der Waals surface area contributed by atoms with Crippen LogP contribution in [0.2, 0.25) is 5.02 Å². The van der Waals surface area contributed by atoms with Gasteiger partial charge in [-0.15, -0.1) is 0 Å². The lowest BCUT2D eigenvalue weighted by Gasteiger charge is -2.18. The maximum absolute atomic E-state index is 12.7. The third-order valence-corrected chi connectivity index (χ3v) is 3.90. The second kappa shape index (κ2) is 4.84. The fourth-order valence-electron chi connectivity index (χ4n) is 2.65. The minimum absolute atomic E-state index is 0.0164. The maximum atomic E-state index is 12.7. The third-order valence-electron chi connectivity index (χ3n) is 3.66. The van der Waals surface area contributed by atoms with Gasteiger partial charge in [0.25, 0.3) is 5.91 Å². The van der Waals surface area contributed by atoms with E-state index in [1.165, 1.54) is 0 Å². The van der Waals surface area contributed by atoms with E-state index in [-0.39, 0.29) is 5.91 Å². The minimum Gasteiger partial charge on any atom is -0.399 e. The molecular weight excluding hydrogens is 272 g/mol. The predicted octanol–water partition coefficient (Wildman–Crippen LogP) is 3.43. The monoisotopic (exact) mass is 286 g/mol. The summed E-state index contributed by atoms with van der Waals surface area (Å²) >= 11 is 5.94. The number of carbonyl (C=O) groups excluding carboxylic acids is 1. The van der Waals surface area contributed by atoms with Crippen LogP contribution in [0.15, 0.2) is 36.4 Å². The van der Waals surface area contributed by atoms with Gasteiger partial charge in [0, 0.05) is 28.5 Å². The van der Waals surface area contributed by atoms with E-state index >= 15 is 0 Å². The predicted molar refractivity (Wildman–Crippen MR) is 82.4 cm³/mol. The summed E-state index contributed by atoms with van der Waals surface area (Å²) in [6, 6.07) is 11.0. The van der Waals surface area contributed by atoms with Gasteiger partial charge in [0.05, 0.1) is 0 Å². The standard InChI is InChI=1S/C16H15ClN2O/c1-10-8-12(17)2-4-14(10)16(20)19-7-6-11-9-13(18)3-5-15(11)19/h2-5,8-9H,6-7,18H2,1H3. The first-order valence-electron chi connectivity index (χ1n) is 6.52. The average molecular weight is 287 g/mol. The molecule has 2 aromatic carbocycles. The smallest absolute Gasteiger partial charge is 0.258 e. The quantitative estimate of drug-likeness (QED) is 0.816. The van der Waals surface area contributed by atoms with Crippen LogP contribution < -0.4 is 10.6 Å². The van der Waals surface area contributed by atoms with E-state index in [1.54, 1.807) is 12.1 Å². The number of carbonyl (C=O) groups is 1. The summed E-state index contributed by atoms with van der Waals surface area (Å²) in [6.45, 7) is 2.60. The molecule has 0 fully saturated rings. The molecule has 0 aliphatic carbocycles. The Labute approximate surface area is 123 Å². The van der Waals surface area contributed by atoms with Crippen LogP contribution in [0.3, 0.4) is 0 Å². The Morgan fingerprint density at radius 1 is 1.25 bits per heavy atom. The fraction of sp³-hybridized carbons (Fsp3) is 0.188. The molecule has 102 valence electrons. The number of halogens is 1. The number of anilines is 2. The van der Waals surface area contributed by atoms with E-state index in [0.717, 1.165) is 28.9 Å². The van der Waals surface area contributed by atoms with Gasteiger partial charge in [-0.25, -0.2) is 0 Å². The number of nitrogens with zero attached hydrogens (tertiary/aromatic N) is 1. The number of fused-ring (bicyclic) bond motifs is 1. The van der Waals surface area contributed by atoms with E-state index in [4.69, 9.17) is 17.3 Å². The highest BCUT2D eigenvalue weighted by Gasteiger charge is 2.26. The second-order valence-corrected chi connectivity index (χ2v) is 5.49. The summed E-state index contributed by atoms with van der Waals surface area (Å²) in [4.78, 5) is 14.5. The first-order valence-corrected chi connectivity index (χ1v) is 6.90. The summed E-state index contributed by atoms with van der Waals surface area (Å²) in [6.07, 6.45) is 0.846. The maximum Gasteiger partial charge on any atom is 0.258 e. The highest BCUT2D eigenvalue weighted by Crippen LogP contribution is 2.31. The molecule has 3 nitrogen and oxygen atoms in total. The van der Waals surface area contributed by atoms with Gasteiger partial charge in [-0.1, -0.05) is 11.6 Å². The van der Waals surface area contributed by atoms with Crippen LogP contribution in [0.5, 0.6) is 0 Å². The van der Waals surface area contributed by atoms with Crippen molar-refractivity contribution in [1.29, 1.82) is 0 Å². The van der Waals surface area contributed by atoms with E-state index in [9.17, 15) is 4.79 Å². The van der Waals surface area contributed by atoms with E-state index in [1.807, 2.05) is 36.1 Å². The summed E-state index contributed by atoms with van der Waals surface area (Å²) in [5.74, 6) is 0.0164. The van der Waals surface area contributed by atoms with Crippen molar-refractivity contribution < 1.29 is 4.79 Å². The molecule has 2 aromatic rings. The largest absolute Gasteiger partial charge is 0.399 e. The highest BCUT2D eigenvalue weighted by molar-refractivity contribution is 6.30. The lowest BCUT2D eigenvalue weighted by atomic mass is 10.1. The molecule has 0 unspecified atom stereocenters. The van der Waals surface area contributed by atoms with Crippen LogP contribution >= 0.6 is 11.6 Å². The lowest BCUT2D eigenvalue weighted by molar-refractivity contribution is 0.0989. The highest BCUT2D eigenvalue weighted by atomic mass is 35.5. The Morgan fingerprint density at radius 3 is 2.80 bits per heavy atom. The molecule has 1 amide bonds. The summed E-state index contributed by atoms with van der Waals surface area (Å²) in [5.41, 5.74) is 10.2. The molecule has 4 heteroatoms. The van der Waals surface area contributed by atoms with Gasteiger partial charge < -0.3 is 10.6 Å². The molecule has 0 atom stereocenters. The van der Waals surface area contributed by atoms with E-state index in [0.29, 0.717) is 17.1 Å². The van der Waals surface area contributed by atoms with Gasteiger partial charge in [-0.2, -0.15) is 0 Å². The number of rotatable bonds is 1. The van der Waals surface area contributed by atoms with E-state index in [2.05, 4.69) is 0 Å². The number of nitrogens with two attached hydrogens (primary N) is 1. The van der Waals surface area contributed by atoms with Crippen LogP contribution in [0, 0.1) is 6.92 Å². The first-order chi connectivity index (χ1) is 9.56. The SMILES string of the molecule is Cc1cc(Cl)ccc1C(=O)N1CCc2cc(N)ccc21. The molecule has 0 saturated heterocycles.